The minimum Gasteiger partial charge on any atom is -0.553 e. The van der Waals surface area contributed by atoms with Gasteiger partial charge in [-0.05, 0) is 13.0 Å². The normalized spacial score (nSPS) is 11.5. The van der Waals surface area contributed by atoms with Gasteiger partial charge in [0.1, 0.15) is 5.76 Å². The Balaban J connectivity index is 2.92. The summed E-state index contributed by atoms with van der Waals surface area (Å²) in [6, 6.07) is 10.1. The van der Waals surface area contributed by atoms with Gasteiger partial charge in [-0.3, -0.25) is 0 Å². The molecular formula is C9H12OSi. The van der Waals surface area contributed by atoms with Crippen LogP contribution in [0.25, 0.3) is 5.76 Å². The van der Waals surface area contributed by atoms with Crippen molar-refractivity contribution in [3.63, 3.8) is 0 Å². The van der Waals surface area contributed by atoms with E-state index in [1.165, 1.54) is 0 Å². The molecule has 0 amide bonds. The molecule has 0 bridgehead atoms. The molecule has 0 saturated carbocycles. The zero-order chi connectivity index (χ0) is 8.10. The number of hydrogen-bond acceptors (Lipinski definition) is 1. The number of allylic oxidation sites excluding steroid dienone is 1. The van der Waals surface area contributed by atoms with Crippen LogP contribution in [0.4, 0.5) is 0 Å². The van der Waals surface area contributed by atoms with Crippen LogP contribution in [0.2, 0.25) is 0 Å². The lowest BCUT2D eigenvalue weighted by Gasteiger charge is -2.04. The topological polar surface area (TPSA) is 9.23 Å². The fourth-order valence-corrected chi connectivity index (χ4v) is 1.48. The molecule has 1 aromatic carbocycles. The molecule has 0 fully saturated rings. The molecule has 0 atom stereocenters. The van der Waals surface area contributed by atoms with Crippen molar-refractivity contribution in [3.05, 3.63) is 42.0 Å². The molecule has 0 aliphatic carbocycles. The van der Waals surface area contributed by atoms with Crippen LogP contribution in [0.1, 0.15) is 12.5 Å². The molecule has 0 saturated heterocycles. The quantitative estimate of drug-likeness (QED) is 0.473. The molecule has 0 aliphatic heterocycles. The van der Waals surface area contributed by atoms with Gasteiger partial charge >= 0.3 is 0 Å². The van der Waals surface area contributed by atoms with E-state index in [4.69, 9.17) is 4.43 Å². The maximum absolute atomic E-state index is 5.29. The van der Waals surface area contributed by atoms with Gasteiger partial charge in [0.05, 0.1) is 0 Å². The van der Waals surface area contributed by atoms with Crippen LogP contribution in [0, 0.1) is 0 Å². The lowest BCUT2D eigenvalue weighted by molar-refractivity contribution is 0.571. The predicted molar refractivity (Wildman–Crippen MR) is 51.1 cm³/mol. The molecule has 1 rings (SSSR count). The van der Waals surface area contributed by atoms with Crippen molar-refractivity contribution in [1.29, 1.82) is 0 Å². The highest BCUT2D eigenvalue weighted by Gasteiger charge is 1.94. The Hall–Kier alpha value is -1.02. The lowest BCUT2D eigenvalue weighted by Crippen LogP contribution is -1.86. The van der Waals surface area contributed by atoms with Gasteiger partial charge in [-0.15, -0.1) is 0 Å². The summed E-state index contributed by atoms with van der Waals surface area (Å²) in [5.41, 5.74) is 1.16. The molecule has 11 heavy (non-hydrogen) atoms. The fraction of sp³-hybridized carbons (Fsp3) is 0.111. The van der Waals surface area contributed by atoms with Gasteiger partial charge in [0, 0.05) is 5.56 Å². The van der Waals surface area contributed by atoms with E-state index < -0.39 is 0 Å². The number of hydrogen-bond donors (Lipinski definition) is 0. The van der Waals surface area contributed by atoms with Gasteiger partial charge in [-0.25, -0.2) is 0 Å². The van der Waals surface area contributed by atoms with E-state index >= 15 is 0 Å². The van der Waals surface area contributed by atoms with Crippen molar-refractivity contribution in [3.8, 4) is 0 Å². The highest BCUT2D eigenvalue weighted by Crippen LogP contribution is 2.12. The van der Waals surface area contributed by atoms with E-state index in [1.54, 1.807) is 0 Å². The van der Waals surface area contributed by atoms with Crippen LogP contribution in [0.15, 0.2) is 36.4 Å². The van der Waals surface area contributed by atoms with E-state index in [1.807, 2.05) is 43.3 Å². The summed E-state index contributed by atoms with van der Waals surface area (Å²) < 4.78 is 5.29. The van der Waals surface area contributed by atoms with Crippen molar-refractivity contribution in [2.24, 2.45) is 0 Å². The predicted octanol–water partition coefficient (Wildman–Crippen LogP) is 1.34. The smallest absolute Gasteiger partial charge is 0.204 e. The standard InChI is InChI=1S/C9H12OSi/c1-2-9(10-11)8-6-4-3-5-7-8/h2-7H,1,11H3. The second-order valence-corrected chi connectivity index (χ2v) is 2.63. The third-order valence-electron chi connectivity index (χ3n) is 1.54. The summed E-state index contributed by atoms with van der Waals surface area (Å²) in [4.78, 5) is 0. The first-order valence-corrected chi connectivity index (χ1v) is 4.46. The first-order valence-electron chi connectivity index (χ1n) is 3.64. The maximum atomic E-state index is 5.29. The molecule has 0 unspecified atom stereocenters. The summed E-state index contributed by atoms with van der Waals surface area (Å²) in [5.74, 6) is 0.984. The minimum absolute atomic E-state index is 0.748. The minimum atomic E-state index is 0.748. The zero-order valence-corrected chi connectivity index (χ0v) is 8.87. The van der Waals surface area contributed by atoms with Gasteiger partial charge < -0.3 is 4.43 Å². The van der Waals surface area contributed by atoms with E-state index in [0.29, 0.717) is 0 Å². The van der Waals surface area contributed by atoms with E-state index in [0.717, 1.165) is 21.8 Å². The molecule has 0 radical (unpaired) electrons. The molecule has 0 heterocycles. The van der Waals surface area contributed by atoms with Crippen LogP contribution in [0.3, 0.4) is 0 Å². The van der Waals surface area contributed by atoms with Gasteiger partial charge in [-0.1, -0.05) is 30.3 Å². The first-order chi connectivity index (χ1) is 5.38. The Morgan fingerprint density at radius 3 is 2.45 bits per heavy atom. The monoisotopic (exact) mass is 164 g/mol. The lowest BCUT2D eigenvalue weighted by atomic mass is 10.2. The summed E-state index contributed by atoms with van der Waals surface area (Å²) in [7, 11) is 0.748. The summed E-state index contributed by atoms with van der Waals surface area (Å²) in [5, 5.41) is 0. The first kappa shape index (κ1) is 8.08. The molecule has 0 spiro atoms. The third kappa shape index (κ3) is 1.95. The second kappa shape index (κ2) is 3.98. The van der Waals surface area contributed by atoms with Gasteiger partial charge in [0.15, 0.2) is 0 Å². The summed E-state index contributed by atoms with van der Waals surface area (Å²) in [6.45, 7) is 1.99. The molecule has 1 aromatic rings. The average molecular weight is 164 g/mol. The highest BCUT2D eigenvalue weighted by atomic mass is 28.2. The van der Waals surface area contributed by atoms with Crippen molar-refractivity contribution < 1.29 is 4.43 Å². The fourth-order valence-electron chi connectivity index (χ4n) is 1.00. The third-order valence-corrected chi connectivity index (χ3v) is 1.98. The molecular weight excluding hydrogens is 152 g/mol. The number of rotatable bonds is 2. The van der Waals surface area contributed by atoms with Crippen molar-refractivity contribution in [1.82, 2.24) is 0 Å². The Labute approximate surface area is 70.2 Å². The van der Waals surface area contributed by atoms with Gasteiger partial charge in [0.2, 0.25) is 10.5 Å². The Bertz CT molecular complexity index is 241. The Kier molecular flexibility index (Phi) is 2.92. The highest BCUT2D eigenvalue weighted by molar-refractivity contribution is 6.01. The van der Waals surface area contributed by atoms with Crippen LogP contribution in [-0.2, 0) is 4.43 Å². The molecule has 0 aliphatic rings. The maximum Gasteiger partial charge on any atom is 0.204 e. The van der Waals surface area contributed by atoms with E-state index in [-0.39, 0.29) is 0 Å². The van der Waals surface area contributed by atoms with Crippen LogP contribution >= 0.6 is 0 Å². The SMILES string of the molecule is CC=C(O[SiH3])c1ccccc1. The van der Waals surface area contributed by atoms with E-state index in [2.05, 4.69) is 0 Å². The summed E-state index contributed by atoms with van der Waals surface area (Å²) in [6.07, 6.45) is 1.99. The van der Waals surface area contributed by atoms with Crippen molar-refractivity contribution in [2.75, 3.05) is 0 Å². The van der Waals surface area contributed by atoms with Crippen LogP contribution in [0.5, 0.6) is 0 Å². The molecule has 0 aromatic heterocycles. The Morgan fingerprint density at radius 2 is 2.00 bits per heavy atom. The largest absolute Gasteiger partial charge is 0.553 e. The molecule has 1 nitrogen and oxygen atoms in total. The average Bonchev–Trinajstić information content (AvgIpc) is 2.09. The molecule has 58 valence electrons. The van der Waals surface area contributed by atoms with Gasteiger partial charge in [-0.2, -0.15) is 0 Å². The molecule has 2 heteroatoms. The summed E-state index contributed by atoms with van der Waals surface area (Å²) >= 11 is 0. The van der Waals surface area contributed by atoms with Crippen molar-refractivity contribution >= 4 is 16.2 Å². The molecule has 0 N–H and O–H groups in total. The van der Waals surface area contributed by atoms with Crippen LogP contribution < -0.4 is 0 Å². The zero-order valence-electron chi connectivity index (χ0n) is 6.87. The van der Waals surface area contributed by atoms with Crippen LogP contribution in [-0.4, -0.2) is 10.5 Å². The Morgan fingerprint density at radius 1 is 1.36 bits per heavy atom. The second-order valence-electron chi connectivity index (χ2n) is 2.22. The van der Waals surface area contributed by atoms with Gasteiger partial charge in [0.25, 0.3) is 0 Å². The number of benzene rings is 1. The van der Waals surface area contributed by atoms with Crippen molar-refractivity contribution in [2.45, 2.75) is 6.92 Å². The van der Waals surface area contributed by atoms with E-state index in [9.17, 15) is 0 Å².